The molecule has 0 aliphatic rings. The first-order chi connectivity index (χ1) is 9.97. The standard InChI is InChI=1S/C15H21BrN2O3/c1-4-18(11-15(20)21-3)10-14(19)17(2)9-12-7-5-6-8-13(12)16/h5-8H,4,9-11H2,1-3H3. The number of esters is 1. The molecule has 0 unspecified atom stereocenters. The first-order valence-corrected chi connectivity index (χ1v) is 7.53. The summed E-state index contributed by atoms with van der Waals surface area (Å²) in [4.78, 5) is 26.9. The molecule has 0 atom stereocenters. The van der Waals surface area contributed by atoms with E-state index in [2.05, 4.69) is 20.7 Å². The van der Waals surface area contributed by atoms with E-state index in [-0.39, 0.29) is 25.0 Å². The molecule has 0 fully saturated rings. The molecule has 0 N–H and O–H groups in total. The van der Waals surface area contributed by atoms with E-state index in [0.717, 1.165) is 10.0 Å². The van der Waals surface area contributed by atoms with Crippen LogP contribution < -0.4 is 0 Å². The van der Waals surface area contributed by atoms with Gasteiger partial charge in [-0.2, -0.15) is 0 Å². The van der Waals surface area contributed by atoms with Crippen molar-refractivity contribution in [3.05, 3.63) is 34.3 Å². The monoisotopic (exact) mass is 356 g/mol. The van der Waals surface area contributed by atoms with Crippen LogP contribution >= 0.6 is 15.9 Å². The Balaban J connectivity index is 2.57. The molecular formula is C15H21BrN2O3. The van der Waals surface area contributed by atoms with E-state index in [1.54, 1.807) is 16.8 Å². The van der Waals surface area contributed by atoms with Gasteiger partial charge in [-0.05, 0) is 18.2 Å². The fraction of sp³-hybridized carbons (Fsp3) is 0.467. The van der Waals surface area contributed by atoms with Gasteiger partial charge in [0.15, 0.2) is 0 Å². The first kappa shape index (κ1) is 17.7. The lowest BCUT2D eigenvalue weighted by atomic mass is 10.2. The molecule has 0 bridgehead atoms. The minimum atomic E-state index is -0.335. The van der Waals surface area contributed by atoms with Gasteiger partial charge in [-0.1, -0.05) is 41.1 Å². The number of carbonyl (C=O) groups is 2. The number of amides is 1. The minimum absolute atomic E-state index is 0.0310. The number of ether oxygens (including phenoxy) is 1. The predicted octanol–water partition coefficient (Wildman–Crippen LogP) is 1.90. The summed E-state index contributed by atoms with van der Waals surface area (Å²) in [6, 6.07) is 7.79. The number of benzene rings is 1. The molecule has 5 nitrogen and oxygen atoms in total. The van der Waals surface area contributed by atoms with Crippen molar-refractivity contribution in [3.8, 4) is 0 Å². The maximum atomic E-state index is 12.2. The van der Waals surface area contributed by atoms with Gasteiger partial charge in [0.05, 0.1) is 20.2 Å². The van der Waals surface area contributed by atoms with Gasteiger partial charge in [0.1, 0.15) is 0 Å². The average Bonchev–Trinajstić information content (AvgIpc) is 2.48. The van der Waals surface area contributed by atoms with E-state index in [0.29, 0.717) is 13.1 Å². The van der Waals surface area contributed by atoms with Gasteiger partial charge < -0.3 is 9.64 Å². The van der Waals surface area contributed by atoms with Crippen LogP contribution in [0.3, 0.4) is 0 Å². The van der Waals surface area contributed by atoms with Crippen molar-refractivity contribution in [3.63, 3.8) is 0 Å². The number of halogens is 1. The molecule has 1 rings (SSSR count). The highest BCUT2D eigenvalue weighted by atomic mass is 79.9. The van der Waals surface area contributed by atoms with Crippen molar-refractivity contribution in [2.45, 2.75) is 13.5 Å². The van der Waals surface area contributed by atoms with Gasteiger partial charge in [0.2, 0.25) is 5.91 Å². The van der Waals surface area contributed by atoms with E-state index in [1.807, 2.05) is 31.2 Å². The van der Waals surface area contributed by atoms with Crippen LogP contribution in [0.2, 0.25) is 0 Å². The molecule has 0 aliphatic heterocycles. The van der Waals surface area contributed by atoms with E-state index in [9.17, 15) is 9.59 Å². The van der Waals surface area contributed by atoms with Crippen LogP contribution in [0.1, 0.15) is 12.5 Å². The molecule has 6 heteroatoms. The second-order valence-electron chi connectivity index (χ2n) is 4.72. The number of carbonyl (C=O) groups excluding carboxylic acids is 2. The number of likely N-dealkylation sites (N-methyl/N-ethyl adjacent to an activating group) is 2. The fourth-order valence-electron chi connectivity index (χ4n) is 1.81. The Hall–Kier alpha value is -1.40. The lowest BCUT2D eigenvalue weighted by Crippen LogP contribution is -2.40. The molecular weight excluding hydrogens is 336 g/mol. The quantitative estimate of drug-likeness (QED) is 0.700. The summed E-state index contributed by atoms with van der Waals surface area (Å²) in [5.41, 5.74) is 1.05. The summed E-state index contributed by atoms with van der Waals surface area (Å²) in [5, 5.41) is 0. The van der Waals surface area contributed by atoms with Gasteiger partial charge >= 0.3 is 5.97 Å². The zero-order chi connectivity index (χ0) is 15.8. The maximum absolute atomic E-state index is 12.2. The molecule has 0 saturated heterocycles. The molecule has 1 aromatic carbocycles. The number of hydrogen-bond donors (Lipinski definition) is 0. The summed E-state index contributed by atoms with van der Waals surface area (Å²) in [6.07, 6.45) is 0. The van der Waals surface area contributed by atoms with Gasteiger partial charge in [0, 0.05) is 18.1 Å². The van der Waals surface area contributed by atoms with Crippen molar-refractivity contribution in [1.82, 2.24) is 9.80 Å². The maximum Gasteiger partial charge on any atom is 0.319 e. The van der Waals surface area contributed by atoms with Crippen LogP contribution in [0.25, 0.3) is 0 Å². The lowest BCUT2D eigenvalue weighted by Gasteiger charge is -2.23. The smallest absolute Gasteiger partial charge is 0.319 e. The number of nitrogens with zero attached hydrogens (tertiary/aromatic N) is 2. The zero-order valence-corrected chi connectivity index (χ0v) is 14.2. The van der Waals surface area contributed by atoms with Crippen molar-refractivity contribution in [1.29, 1.82) is 0 Å². The molecule has 0 heterocycles. The third-order valence-electron chi connectivity index (χ3n) is 3.18. The third kappa shape index (κ3) is 5.85. The summed E-state index contributed by atoms with van der Waals surface area (Å²) < 4.78 is 5.60. The van der Waals surface area contributed by atoms with Crippen molar-refractivity contribution >= 4 is 27.8 Å². The highest BCUT2D eigenvalue weighted by Gasteiger charge is 2.16. The van der Waals surface area contributed by atoms with Crippen LogP contribution in [-0.4, -0.2) is 55.5 Å². The van der Waals surface area contributed by atoms with Gasteiger partial charge in [0.25, 0.3) is 0 Å². The number of methoxy groups -OCH3 is 1. The zero-order valence-electron chi connectivity index (χ0n) is 12.6. The van der Waals surface area contributed by atoms with Crippen molar-refractivity contribution in [2.75, 3.05) is 33.8 Å². The molecule has 0 aromatic heterocycles. The van der Waals surface area contributed by atoms with Crippen molar-refractivity contribution in [2.24, 2.45) is 0 Å². The SMILES string of the molecule is CCN(CC(=O)OC)CC(=O)N(C)Cc1ccccc1Br. The van der Waals surface area contributed by atoms with E-state index in [4.69, 9.17) is 0 Å². The molecule has 0 radical (unpaired) electrons. The first-order valence-electron chi connectivity index (χ1n) is 6.74. The highest BCUT2D eigenvalue weighted by molar-refractivity contribution is 9.10. The summed E-state index contributed by atoms with van der Waals surface area (Å²) in [6.45, 7) is 3.37. The summed E-state index contributed by atoms with van der Waals surface area (Å²) >= 11 is 3.47. The summed E-state index contributed by atoms with van der Waals surface area (Å²) in [5.74, 6) is -0.366. The molecule has 0 spiro atoms. The summed E-state index contributed by atoms with van der Waals surface area (Å²) in [7, 11) is 3.10. The Morgan fingerprint density at radius 3 is 2.48 bits per heavy atom. The molecule has 1 aromatic rings. The number of hydrogen-bond acceptors (Lipinski definition) is 4. The minimum Gasteiger partial charge on any atom is -0.468 e. The predicted molar refractivity (Wildman–Crippen MR) is 84.7 cm³/mol. The fourth-order valence-corrected chi connectivity index (χ4v) is 2.22. The molecule has 0 aliphatic carbocycles. The van der Waals surface area contributed by atoms with Crippen LogP contribution in [0.15, 0.2) is 28.7 Å². The van der Waals surface area contributed by atoms with Crippen LogP contribution in [0.5, 0.6) is 0 Å². The van der Waals surface area contributed by atoms with E-state index >= 15 is 0 Å². The molecule has 21 heavy (non-hydrogen) atoms. The topological polar surface area (TPSA) is 49.9 Å². The average molecular weight is 357 g/mol. The second-order valence-corrected chi connectivity index (χ2v) is 5.57. The Labute approximate surface area is 134 Å². The largest absolute Gasteiger partial charge is 0.468 e. The van der Waals surface area contributed by atoms with E-state index in [1.165, 1.54) is 7.11 Å². The van der Waals surface area contributed by atoms with Crippen LogP contribution in [0.4, 0.5) is 0 Å². The molecule has 116 valence electrons. The van der Waals surface area contributed by atoms with E-state index < -0.39 is 0 Å². The van der Waals surface area contributed by atoms with Crippen molar-refractivity contribution < 1.29 is 14.3 Å². The van der Waals surface area contributed by atoms with Gasteiger partial charge in [-0.3, -0.25) is 14.5 Å². The van der Waals surface area contributed by atoms with Crippen LogP contribution in [0, 0.1) is 0 Å². The Kier molecular flexibility index (Phi) is 7.39. The molecule has 1 amide bonds. The Morgan fingerprint density at radius 2 is 1.90 bits per heavy atom. The van der Waals surface area contributed by atoms with Gasteiger partial charge in [-0.25, -0.2) is 0 Å². The normalized spacial score (nSPS) is 10.5. The highest BCUT2D eigenvalue weighted by Crippen LogP contribution is 2.17. The Bertz CT molecular complexity index is 494. The molecule has 0 saturated carbocycles. The van der Waals surface area contributed by atoms with Gasteiger partial charge in [-0.15, -0.1) is 0 Å². The second kappa shape index (κ2) is 8.79. The number of rotatable bonds is 7. The lowest BCUT2D eigenvalue weighted by molar-refractivity contribution is -0.142. The Morgan fingerprint density at radius 1 is 1.24 bits per heavy atom. The van der Waals surface area contributed by atoms with Crippen LogP contribution in [-0.2, 0) is 20.9 Å². The third-order valence-corrected chi connectivity index (χ3v) is 3.95.